The molecule has 0 atom stereocenters. The largest absolute Gasteiger partial charge is 0.349 e. The zero-order valence-corrected chi connectivity index (χ0v) is 11.7. The zero-order chi connectivity index (χ0) is 13.8. The Morgan fingerprint density at radius 2 is 1.95 bits per heavy atom. The molecule has 4 nitrogen and oxygen atoms in total. The van der Waals surface area contributed by atoms with Crippen LogP contribution in [0.1, 0.15) is 48.5 Å². The summed E-state index contributed by atoms with van der Waals surface area (Å²) in [5.74, 6) is 6.20. The minimum Gasteiger partial charge on any atom is -0.349 e. The Kier molecular flexibility index (Phi) is 4.43. The Balaban J connectivity index is 1.98. The van der Waals surface area contributed by atoms with E-state index in [1.807, 2.05) is 25.1 Å². The average molecular weight is 261 g/mol. The van der Waals surface area contributed by atoms with Gasteiger partial charge in [0.05, 0.1) is 5.69 Å². The number of hydrogen-bond acceptors (Lipinski definition) is 3. The maximum absolute atomic E-state index is 12.2. The number of hydrazine groups is 1. The molecule has 104 valence electrons. The number of nitrogens with one attached hydrogen (secondary N) is 2. The van der Waals surface area contributed by atoms with E-state index in [4.69, 9.17) is 5.84 Å². The minimum absolute atomic E-state index is 0.0197. The topological polar surface area (TPSA) is 67.2 Å². The number of hydrogen-bond donors (Lipinski definition) is 3. The fourth-order valence-corrected chi connectivity index (χ4v) is 2.64. The molecule has 0 spiro atoms. The number of amides is 1. The van der Waals surface area contributed by atoms with Gasteiger partial charge in [0.15, 0.2) is 0 Å². The first-order chi connectivity index (χ1) is 9.10. The molecule has 4 heteroatoms. The highest BCUT2D eigenvalue weighted by Crippen LogP contribution is 2.24. The summed E-state index contributed by atoms with van der Waals surface area (Å²) in [6.07, 6.45) is 4.60. The number of nitrogens with two attached hydrogens (primary N) is 1. The van der Waals surface area contributed by atoms with Crippen molar-refractivity contribution >= 4 is 11.6 Å². The summed E-state index contributed by atoms with van der Waals surface area (Å²) in [5, 5.41) is 3.13. The molecule has 1 aliphatic rings. The predicted molar refractivity (Wildman–Crippen MR) is 77.9 cm³/mol. The van der Waals surface area contributed by atoms with Gasteiger partial charge in [-0.25, -0.2) is 0 Å². The molecule has 19 heavy (non-hydrogen) atoms. The Morgan fingerprint density at radius 3 is 2.53 bits per heavy atom. The van der Waals surface area contributed by atoms with E-state index >= 15 is 0 Å². The van der Waals surface area contributed by atoms with Crippen LogP contribution in [0.3, 0.4) is 0 Å². The number of nitrogen functional groups attached to an aromatic ring is 1. The van der Waals surface area contributed by atoms with Gasteiger partial charge in [0.1, 0.15) is 0 Å². The molecule has 0 aliphatic heterocycles. The van der Waals surface area contributed by atoms with Crippen molar-refractivity contribution in [3.8, 4) is 0 Å². The van der Waals surface area contributed by atoms with E-state index in [1.54, 1.807) is 0 Å². The lowest BCUT2D eigenvalue weighted by atomic mass is 9.87. The van der Waals surface area contributed by atoms with Gasteiger partial charge in [0, 0.05) is 11.6 Å². The van der Waals surface area contributed by atoms with Crippen molar-refractivity contribution in [2.24, 2.45) is 11.8 Å². The molecular weight excluding hydrogens is 238 g/mol. The van der Waals surface area contributed by atoms with Crippen LogP contribution in [0.2, 0.25) is 0 Å². The predicted octanol–water partition coefficient (Wildman–Crippen LogP) is 2.59. The van der Waals surface area contributed by atoms with Gasteiger partial charge in [-0.1, -0.05) is 6.92 Å². The lowest BCUT2D eigenvalue weighted by Crippen LogP contribution is -2.37. The number of anilines is 1. The van der Waals surface area contributed by atoms with E-state index in [9.17, 15) is 4.79 Å². The summed E-state index contributed by atoms with van der Waals surface area (Å²) < 4.78 is 0. The van der Waals surface area contributed by atoms with Gasteiger partial charge in [-0.3, -0.25) is 10.6 Å². The van der Waals surface area contributed by atoms with E-state index in [0.717, 1.165) is 30.0 Å². The first-order valence-electron chi connectivity index (χ1n) is 6.98. The molecule has 1 aromatic rings. The van der Waals surface area contributed by atoms with Gasteiger partial charge >= 0.3 is 0 Å². The number of rotatable bonds is 3. The van der Waals surface area contributed by atoms with E-state index in [-0.39, 0.29) is 5.91 Å². The highest BCUT2D eigenvalue weighted by molar-refractivity contribution is 5.95. The lowest BCUT2D eigenvalue weighted by Gasteiger charge is -2.27. The molecule has 0 heterocycles. The number of carbonyl (C=O) groups is 1. The summed E-state index contributed by atoms with van der Waals surface area (Å²) in [6.45, 7) is 4.22. The SMILES string of the molecule is Cc1cc(C(=O)NC2CCC(C)CC2)ccc1NN. The maximum Gasteiger partial charge on any atom is 0.251 e. The molecule has 1 fully saturated rings. The molecule has 0 aromatic heterocycles. The van der Waals surface area contributed by atoms with Crippen LogP contribution in [0.5, 0.6) is 0 Å². The Hall–Kier alpha value is -1.55. The third-order valence-electron chi connectivity index (χ3n) is 4.00. The summed E-state index contributed by atoms with van der Waals surface area (Å²) in [4.78, 5) is 12.2. The van der Waals surface area contributed by atoms with E-state index in [2.05, 4.69) is 17.7 Å². The highest BCUT2D eigenvalue weighted by atomic mass is 16.1. The third kappa shape index (κ3) is 3.47. The number of aryl methyl sites for hydroxylation is 1. The van der Waals surface area contributed by atoms with Crippen molar-refractivity contribution in [3.63, 3.8) is 0 Å². The van der Waals surface area contributed by atoms with Gasteiger partial charge in [-0.15, -0.1) is 0 Å². The normalized spacial score (nSPS) is 22.9. The molecule has 0 saturated heterocycles. The van der Waals surface area contributed by atoms with Crippen LogP contribution in [0.15, 0.2) is 18.2 Å². The average Bonchev–Trinajstić information content (AvgIpc) is 2.41. The van der Waals surface area contributed by atoms with Crippen molar-refractivity contribution in [3.05, 3.63) is 29.3 Å². The van der Waals surface area contributed by atoms with Crippen LogP contribution >= 0.6 is 0 Å². The second kappa shape index (κ2) is 6.06. The Labute approximate surface area is 114 Å². The fraction of sp³-hybridized carbons (Fsp3) is 0.533. The standard InChI is InChI=1S/C15H23N3O/c1-10-3-6-13(7-4-10)17-15(19)12-5-8-14(18-16)11(2)9-12/h5,8-10,13,18H,3-4,6-7,16H2,1-2H3,(H,17,19). The van der Waals surface area contributed by atoms with Gasteiger partial charge in [0.2, 0.25) is 0 Å². The summed E-state index contributed by atoms with van der Waals surface area (Å²) >= 11 is 0. The molecule has 4 N–H and O–H groups in total. The molecule has 1 aliphatic carbocycles. The smallest absolute Gasteiger partial charge is 0.251 e. The molecule has 1 aromatic carbocycles. The second-order valence-electron chi connectivity index (χ2n) is 5.60. The highest BCUT2D eigenvalue weighted by Gasteiger charge is 2.20. The summed E-state index contributed by atoms with van der Waals surface area (Å²) in [7, 11) is 0. The molecule has 2 rings (SSSR count). The second-order valence-corrected chi connectivity index (χ2v) is 5.60. The van der Waals surface area contributed by atoms with Crippen molar-refractivity contribution in [2.75, 3.05) is 5.43 Å². The summed E-state index contributed by atoms with van der Waals surface area (Å²) in [5.41, 5.74) is 5.15. The third-order valence-corrected chi connectivity index (χ3v) is 4.00. The van der Waals surface area contributed by atoms with E-state index in [1.165, 1.54) is 12.8 Å². The molecule has 0 unspecified atom stereocenters. The molecule has 0 radical (unpaired) electrons. The molecule has 1 saturated carbocycles. The Bertz CT molecular complexity index is 451. The van der Waals surface area contributed by atoms with Crippen LogP contribution in [0.25, 0.3) is 0 Å². The van der Waals surface area contributed by atoms with Crippen LogP contribution < -0.4 is 16.6 Å². The fourth-order valence-electron chi connectivity index (χ4n) is 2.64. The van der Waals surface area contributed by atoms with Crippen LogP contribution in [-0.4, -0.2) is 11.9 Å². The maximum atomic E-state index is 12.2. The van der Waals surface area contributed by atoms with Crippen LogP contribution in [0.4, 0.5) is 5.69 Å². The van der Waals surface area contributed by atoms with Crippen LogP contribution in [-0.2, 0) is 0 Å². The van der Waals surface area contributed by atoms with Crippen molar-refractivity contribution in [1.29, 1.82) is 0 Å². The number of benzene rings is 1. The van der Waals surface area contributed by atoms with Crippen LogP contribution in [0, 0.1) is 12.8 Å². The zero-order valence-electron chi connectivity index (χ0n) is 11.7. The summed E-state index contributed by atoms with van der Waals surface area (Å²) in [6, 6.07) is 5.85. The minimum atomic E-state index is 0.0197. The molecule has 1 amide bonds. The van der Waals surface area contributed by atoms with Gasteiger partial charge in [0.25, 0.3) is 5.91 Å². The van der Waals surface area contributed by atoms with Gasteiger partial charge < -0.3 is 10.7 Å². The lowest BCUT2D eigenvalue weighted by molar-refractivity contribution is 0.0923. The number of carbonyl (C=O) groups excluding carboxylic acids is 1. The first-order valence-corrected chi connectivity index (χ1v) is 6.98. The molecule has 0 bridgehead atoms. The van der Waals surface area contributed by atoms with Gasteiger partial charge in [-0.2, -0.15) is 0 Å². The van der Waals surface area contributed by atoms with Gasteiger partial charge in [-0.05, 0) is 62.3 Å². The van der Waals surface area contributed by atoms with Crippen molar-refractivity contribution in [1.82, 2.24) is 5.32 Å². The van der Waals surface area contributed by atoms with E-state index < -0.39 is 0 Å². The Morgan fingerprint density at radius 1 is 1.26 bits per heavy atom. The quantitative estimate of drug-likeness (QED) is 0.578. The first kappa shape index (κ1) is 13.9. The molecular formula is C15H23N3O. The van der Waals surface area contributed by atoms with E-state index in [0.29, 0.717) is 11.6 Å². The van der Waals surface area contributed by atoms with Crippen molar-refractivity contribution < 1.29 is 4.79 Å². The van der Waals surface area contributed by atoms with Crippen molar-refractivity contribution in [2.45, 2.75) is 45.6 Å². The monoisotopic (exact) mass is 261 g/mol.